The van der Waals surface area contributed by atoms with Crippen LogP contribution in [-0.2, 0) is 9.59 Å². The number of likely N-dealkylation sites (tertiary alicyclic amines) is 2. The minimum absolute atomic E-state index is 0.00878. The summed E-state index contributed by atoms with van der Waals surface area (Å²) in [6.07, 6.45) is 7.54. The van der Waals surface area contributed by atoms with Gasteiger partial charge in [0.1, 0.15) is 0 Å². The summed E-state index contributed by atoms with van der Waals surface area (Å²) >= 11 is 6.18. The lowest BCUT2D eigenvalue weighted by Gasteiger charge is -2.40. The van der Waals surface area contributed by atoms with Gasteiger partial charge in [-0.1, -0.05) is 49.4 Å². The molecular formula is C31H48ClN3O3. The van der Waals surface area contributed by atoms with E-state index in [1.54, 1.807) is 0 Å². The van der Waals surface area contributed by atoms with Crippen LogP contribution in [0.25, 0.3) is 0 Å². The van der Waals surface area contributed by atoms with E-state index in [1.807, 2.05) is 30.9 Å². The molecule has 3 atom stereocenters. The molecule has 1 unspecified atom stereocenters. The minimum Gasteiger partial charge on any atom is -0.395 e. The molecule has 1 N–H and O–H groups in total. The van der Waals surface area contributed by atoms with Gasteiger partial charge < -0.3 is 14.9 Å². The van der Waals surface area contributed by atoms with Crippen molar-refractivity contribution in [3.05, 3.63) is 34.9 Å². The fraction of sp³-hybridized carbons (Fsp3) is 0.742. The lowest BCUT2D eigenvalue weighted by Crippen LogP contribution is -2.54. The first-order valence-corrected chi connectivity index (χ1v) is 15.0. The molecule has 212 valence electrons. The molecule has 3 aliphatic rings. The number of carbonyl (C=O) groups is 2. The van der Waals surface area contributed by atoms with Crippen molar-refractivity contribution in [3.8, 4) is 0 Å². The van der Waals surface area contributed by atoms with Crippen LogP contribution in [0.4, 0.5) is 0 Å². The van der Waals surface area contributed by atoms with Gasteiger partial charge in [0, 0.05) is 48.7 Å². The molecule has 6 nitrogen and oxygen atoms in total. The van der Waals surface area contributed by atoms with E-state index in [0.717, 1.165) is 50.8 Å². The Labute approximate surface area is 234 Å². The summed E-state index contributed by atoms with van der Waals surface area (Å²) in [5, 5.41) is 10.7. The van der Waals surface area contributed by atoms with Gasteiger partial charge in [-0.2, -0.15) is 0 Å². The Morgan fingerprint density at radius 2 is 1.55 bits per heavy atom. The molecule has 2 aliphatic heterocycles. The summed E-state index contributed by atoms with van der Waals surface area (Å²) < 4.78 is 0. The first-order valence-electron chi connectivity index (χ1n) is 14.7. The predicted molar refractivity (Wildman–Crippen MR) is 153 cm³/mol. The van der Waals surface area contributed by atoms with E-state index in [1.165, 1.54) is 12.8 Å². The molecule has 4 rings (SSSR count). The maximum atomic E-state index is 14.1. The summed E-state index contributed by atoms with van der Waals surface area (Å²) in [7, 11) is 0. The van der Waals surface area contributed by atoms with Gasteiger partial charge in [0.25, 0.3) is 0 Å². The second-order valence-electron chi connectivity index (χ2n) is 13.5. The van der Waals surface area contributed by atoms with Crippen LogP contribution < -0.4 is 0 Å². The number of amides is 2. The Kier molecular flexibility index (Phi) is 9.16. The molecule has 1 aliphatic carbocycles. The van der Waals surface area contributed by atoms with Gasteiger partial charge in [-0.05, 0) is 71.6 Å². The van der Waals surface area contributed by atoms with E-state index >= 15 is 0 Å². The third-order valence-electron chi connectivity index (χ3n) is 9.18. The van der Waals surface area contributed by atoms with E-state index < -0.39 is 5.41 Å². The van der Waals surface area contributed by atoms with Gasteiger partial charge in [-0.3, -0.25) is 14.5 Å². The number of rotatable bonds is 6. The summed E-state index contributed by atoms with van der Waals surface area (Å²) in [5.41, 5.74) is 0.323. The molecule has 38 heavy (non-hydrogen) atoms. The fourth-order valence-electron chi connectivity index (χ4n) is 6.64. The molecule has 2 saturated heterocycles. The molecule has 0 radical (unpaired) electrons. The first-order chi connectivity index (χ1) is 17.9. The van der Waals surface area contributed by atoms with Crippen LogP contribution in [0.1, 0.15) is 91.0 Å². The minimum atomic E-state index is -0.817. The highest BCUT2D eigenvalue weighted by Gasteiger charge is 2.46. The summed E-state index contributed by atoms with van der Waals surface area (Å²) in [5.74, 6) is 0.231. The van der Waals surface area contributed by atoms with E-state index in [-0.39, 0.29) is 47.9 Å². The number of nitrogens with zero attached hydrogens (tertiary/aromatic N) is 3. The third kappa shape index (κ3) is 6.39. The van der Waals surface area contributed by atoms with Crippen molar-refractivity contribution in [1.82, 2.24) is 14.7 Å². The van der Waals surface area contributed by atoms with Crippen LogP contribution in [0.2, 0.25) is 5.02 Å². The lowest BCUT2D eigenvalue weighted by molar-refractivity contribution is -0.148. The van der Waals surface area contributed by atoms with E-state index in [0.29, 0.717) is 18.1 Å². The van der Waals surface area contributed by atoms with E-state index in [2.05, 4.69) is 42.7 Å². The van der Waals surface area contributed by atoms with Crippen molar-refractivity contribution >= 4 is 23.4 Å². The molecule has 3 fully saturated rings. The van der Waals surface area contributed by atoms with Gasteiger partial charge in [-0.25, -0.2) is 0 Å². The topological polar surface area (TPSA) is 64.1 Å². The van der Waals surface area contributed by atoms with Crippen molar-refractivity contribution in [2.75, 3.05) is 32.8 Å². The van der Waals surface area contributed by atoms with Crippen molar-refractivity contribution in [3.63, 3.8) is 0 Å². The fourth-order valence-corrected chi connectivity index (χ4v) is 6.76. The maximum Gasteiger partial charge on any atom is 0.231 e. The van der Waals surface area contributed by atoms with Crippen LogP contribution in [0.5, 0.6) is 0 Å². The zero-order valence-electron chi connectivity index (χ0n) is 24.1. The summed E-state index contributed by atoms with van der Waals surface area (Å²) in [4.78, 5) is 34.5. The third-order valence-corrected chi connectivity index (χ3v) is 9.43. The predicted octanol–water partition coefficient (Wildman–Crippen LogP) is 5.32. The molecular weight excluding hydrogens is 498 g/mol. The molecule has 0 bridgehead atoms. The molecule has 1 saturated carbocycles. The zero-order valence-corrected chi connectivity index (χ0v) is 24.8. The second-order valence-corrected chi connectivity index (χ2v) is 13.9. The van der Waals surface area contributed by atoms with Crippen molar-refractivity contribution in [2.45, 2.75) is 103 Å². The standard InChI is InChI=1S/C31H48ClN3O3/c1-30(2,3)34-19-26(22-12-14-23(32)15-13-22)27(20-34)28(37)33-17-16-25(18-33)35(29(38)31(4,5)21-36)24-10-8-6-7-9-11-24/h12-15,24-27,36H,6-11,16-21H2,1-5H3/t25?,26-,27+/m0/s1. The van der Waals surface area contributed by atoms with Gasteiger partial charge in [0.15, 0.2) is 0 Å². The number of halogens is 1. The number of aliphatic hydroxyl groups is 1. The molecule has 7 heteroatoms. The highest BCUT2D eigenvalue weighted by Crippen LogP contribution is 2.39. The van der Waals surface area contributed by atoms with Crippen LogP contribution in [0, 0.1) is 11.3 Å². The average Bonchev–Trinajstić information content (AvgIpc) is 3.46. The van der Waals surface area contributed by atoms with Crippen LogP contribution >= 0.6 is 11.6 Å². The number of benzene rings is 1. The van der Waals surface area contributed by atoms with E-state index in [9.17, 15) is 14.7 Å². The Morgan fingerprint density at radius 1 is 0.921 bits per heavy atom. The Balaban J connectivity index is 1.55. The Morgan fingerprint density at radius 3 is 2.13 bits per heavy atom. The quantitative estimate of drug-likeness (QED) is 0.491. The van der Waals surface area contributed by atoms with Crippen LogP contribution in [-0.4, -0.2) is 82.0 Å². The van der Waals surface area contributed by atoms with Gasteiger partial charge in [-0.15, -0.1) is 0 Å². The van der Waals surface area contributed by atoms with Crippen molar-refractivity contribution in [2.24, 2.45) is 11.3 Å². The normalized spacial score (nSPS) is 26.0. The monoisotopic (exact) mass is 545 g/mol. The molecule has 0 aromatic heterocycles. The second kappa shape index (κ2) is 11.9. The maximum absolute atomic E-state index is 14.1. The van der Waals surface area contributed by atoms with Gasteiger partial charge >= 0.3 is 0 Å². The summed E-state index contributed by atoms with van der Waals surface area (Å²) in [6.45, 7) is 13.0. The van der Waals surface area contributed by atoms with Crippen LogP contribution in [0.3, 0.4) is 0 Å². The van der Waals surface area contributed by atoms with Crippen molar-refractivity contribution in [1.29, 1.82) is 0 Å². The van der Waals surface area contributed by atoms with Gasteiger partial charge in [0.05, 0.1) is 24.0 Å². The number of hydrogen-bond acceptors (Lipinski definition) is 4. The Bertz CT molecular complexity index is 966. The first kappa shape index (κ1) is 29.4. The van der Waals surface area contributed by atoms with E-state index in [4.69, 9.17) is 11.6 Å². The highest BCUT2D eigenvalue weighted by atomic mass is 35.5. The molecule has 1 aromatic rings. The molecule has 2 heterocycles. The summed E-state index contributed by atoms with van der Waals surface area (Å²) in [6, 6.07) is 8.17. The smallest absolute Gasteiger partial charge is 0.231 e. The largest absolute Gasteiger partial charge is 0.395 e. The molecule has 1 aromatic carbocycles. The van der Waals surface area contributed by atoms with Crippen LogP contribution in [0.15, 0.2) is 24.3 Å². The number of hydrogen-bond donors (Lipinski definition) is 1. The number of aliphatic hydroxyl groups excluding tert-OH is 1. The lowest BCUT2D eigenvalue weighted by atomic mass is 9.88. The average molecular weight is 546 g/mol. The van der Waals surface area contributed by atoms with Gasteiger partial charge in [0.2, 0.25) is 11.8 Å². The number of carbonyl (C=O) groups excluding carboxylic acids is 2. The highest BCUT2D eigenvalue weighted by molar-refractivity contribution is 6.30. The molecule has 2 amide bonds. The van der Waals surface area contributed by atoms with Crippen molar-refractivity contribution < 1.29 is 14.7 Å². The molecule has 0 spiro atoms. The SMILES string of the molecule is CC(C)(CO)C(=O)N(C1CCCCCC1)C1CCN(C(=O)[C@@H]2CN(C(C)(C)C)C[C@H]2c2ccc(Cl)cc2)C1. The zero-order chi connectivity index (χ0) is 27.7. The Hall–Kier alpha value is -1.63.